The van der Waals surface area contributed by atoms with Gasteiger partial charge in [-0.3, -0.25) is 0 Å². The minimum Gasteiger partial charge on any atom is -0.461 e. The summed E-state index contributed by atoms with van der Waals surface area (Å²) in [4.78, 5) is 27.0. The average molecular weight is 615 g/mol. The molecule has 0 aliphatic carbocycles. The molecule has 0 unspecified atom stereocenters. The molecule has 0 saturated carbocycles. The molecule has 0 fully saturated rings. The summed E-state index contributed by atoms with van der Waals surface area (Å²) in [5, 5.41) is 0.437. The number of carbonyl (C=O) groups is 2. The summed E-state index contributed by atoms with van der Waals surface area (Å²) >= 11 is 13.0. The summed E-state index contributed by atoms with van der Waals surface area (Å²) in [5.74, 6) is -1.60. The monoisotopic (exact) mass is 613 g/mol. The van der Waals surface area contributed by atoms with Gasteiger partial charge in [0, 0.05) is 16.0 Å². The van der Waals surface area contributed by atoms with E-state index in [0.29, 0.717) is 5.56 Å². The molecule has 0 amide bonds. The number of esters is 2. The van der Waals surface area contributed by atoms with E-state index in [0.717, 1.165) is 9.54 Å². The Kier molecular flexibility index (Phi) is 8.68. The van der Waals surface area contributed by atoms with Gasteiger partial charge in [0.15, 0.2) is 5.69 Å². The third-order valence-electron chi connectivity index (χ3n) is 6.00. The minimum absolute atomic E-state index is 0.0276. The van der Waals surface area contributed by atoms with Crippen molar-refractivity contribution in [2.24, 2.45) is 0 Å². The van der Waals surface area contributed by atoms with E-state index in [2.05, 4.69) is 0 Å². The zero-order chi connectivity index (χ0) is 30.1. The van der Waals surface area contributed by atoms with Crippen LogP contribution in [0, 0.1) is 6.92 Å². The van der Waals surface area contributed by atoms with E-state index in [9.17, 15) is 18.0 Å². The zero-order valence-corrected chi connectivity index (χ0v) is 25.5. The third-order valence-corrected chi connectivity index (χ3v) is 8.24. The predicted octanol–water partition coefficient (Wildman–Crippen LogP) is 7.55. The van der Waals surface area contributed by atoms with Crippen molar-refractivity contribution in [1.29, 1.82) is 0 Å². The maximum absolute atomic E-state index is 14.2. The Labute approximate surface area is 249 Å². The van der Waals surface area contributed by atoms with Crippen LogP contribution in [0.5, 0.6) is 0 Å². The summed E-state index contributed by atoms with van der Waals surface area (Å²) in [6.07, 6.45) is 1.42. The molecule has 10 heteroatoms. The van der Waals surface area contributed by atoms with Crippen LogP contribution < -0.4 is 0 Å². The molecule has 0 saturated heterocycles. The molecule has 0 aliphatic heterocycles. The Bertz CT molecular complexity index is 1770. The van der Waals surface area contributed by atoms with E-state index >= 15 is 0 Å². The molecule has 3 aromatic carbocycles. The second kappa shape index (κ2) is 11.7. The number of carbonyl (C=O) groups excluding carboxylic acids is 2. The Hall–Kier alpha value is -3.59. The van der Waals surface area contributed by atoms with Gasteiger partial charge in [0.25, 0.3) is 10.0 Å². The third kappa shape index (κ3) is 6.35. The largest absolute Gasteiger partial charge is 0.461 e. The van der Waals surface area contributed by atoms with E-state index in [4.69, 9.17) is 32.7 Å². The van der Waals surface area contributed by atoms with Gasteiger partial charge in [-0.1, -0.05) is 71.2 Å². The maximum atomic E-state index is 14.2. The van der Waals surface area contributed by atoms with Crippen LogP contribution in [-0.2, 0) is 24.3 Å². The lowest BCUT2D eigenvalue weighted by molar-refractivity contribution is -0.147. The van der Waals surface area contributed by atoms with Crippen molar-refractivity contribution in [3.05, 3.63) is 99.2 Å². The number of aryl methyl sites for hydroxylation is 1. The fourth-order valence-corrected chi connectivity index (χ4v) is 6.38. The van der Waals surface area contributed by atoms with E-state index in [1.54, 1.807) is 70.2 Å². The number of aromatic nitrogens is 1. The normalized spacial score (nSPS) is 12.4. The Morgan fingerprint density at radius 1 is 0.976 bits per heavy atom. The van der Waals surface area contributed by atoms with Gasteiger partial charge in [0.1, 0.15) is 5.60 Å². The van der Waals surface area contributed by atoms with Crippen LogP contribution in [0.15, 0.2) is 71.6 Å². The van der Waals surface area contributed by atoms with Gasteiger partial charge >= 0.3 is 11.9 Å². The van der Waals surface area contributed by atoms with Crippen molar-refractivity contribution in [2.45, 2.75) is 45.1 Å². The van der Waals surface area contributed by atoms with E-state index in [1.807, 2.05) is 6.92 Å². The van der Waals surface area contributed by atoms with Crippen LogP contribution in [0.4, 0.5) is 0 Å². The molecule has 214 valence electrons. The molecule has 4 rings (SSSR count). The number of halogens is 2. The second-order valence-electron chi connectivity index (χ2n) is 10.3. The van der Waals surface area contributed by atoms with Crippen LogP contribution in [0.1, 0.15) is 54.9 Å². The van der Waals surface area contributed by atoms with Gasteiger partial charge in [-0.05, 0) is 70.5 Å². The molecule has 0 N–H and O–H groups in total. The minimum atomic E-state index is -4.39. The molecular weight excluding hydrogens is 585 g/mol. The van der Waals surface area contributed by atoms with Gasteiger partial charge in [0.2, 0.25) is 0 Å². The van der Waals surface area contributed by atoms with Crippen LogP contribution in [-0.4, -0.2) is 36.5 Å². The standard InChI is InChI=1S/C31H29Cl2NO6S/c1-6-39-30(36)28-24(18-23(20-10-8-7-9-11-20)29(35)40-31(3,4)5)27-25(33)16-21(32)17-26(27)34(28)41(37,38)22-14-12-19(2)13-15-22/h7-18H,6H2,1-5H3/b23-18+. The van der Waals surface area contributed by atoms with Crippen molar-refractivity contribution < 1.29 is 27.5 Å². The first kappa shape index (κ1) is 30.4. The van der Waals surface area contributed by atoms with Gasteiger partial charge in [0.05, 0.1) is 27.6 Å². The number of hydrogen-bond donors (Lipinski definition) is 0. The predicted molar refractivity (Wildman–Crippen MR) is 162 cm³/mol. The Balaban J connectivity index is 2.18. The Morgan fingerprint density at radius 2 is 1.61 bits per heavy atom. The summed E-state index contributed by atoms with van der Waals surface area (Å²) < 4.78 is 40.2. The fourth-order valence-electron chi connectivity index (χ4n) is 4.29. The van der Waals surface area contributed by atoms with Gasteiger partial charge < -0.3 is 9.47 Å². The fraction of sp³-hybridized carbons (Fsp3) is 0.226. The van der Waals surface area contributed by atoms with Gasteiger partial charge in [-0.2, -0.15) is 0 Å². The highest BCUT2D eigenvalue weighted by Crippen LogP contribution is 2.39. The molecular formula is C31H29Cl2NO6S. The molecule has 0 radical (unpaired) electrons. The van der Waals surface area contributed by atoms with Crippen molar-refractivity contribution in [1.82, 2.24) is 3.97 Å². The van der Waals surface area contributed by atoms with Crippen molar-refractivity contribution in [3.8, 4) is 0 Å². The quantitative estimate of drug-likeness (QED) is 0.158. The smallest absolute Gasteiger partial charge is 0.356 e. The summed E-state index contributed by atoms with van der Waals surface area (Å²) in [6.45, 7) is 8.61. The van der Waals surface area contributed by atoms with Crippen molar-refractivity contribution in [3.63, 3.8) is 0 Å². The number of hydrogen-bond acceptors (Lipinski definition) is 6. The van der Waals surface area contributed by atoms with Gasteiger partial charge in [-0.15, -0.1) is 0 Å². The molecule has 7 nitrogen and oxygen atoms in total. The van der Waals surface area contributed by atoms with E-state index < -0.39 is 27.6 Å². The topological polar surface area (TPSA) is 91.7 Å². The highest BCUT2D eigenvalue weighted by atomic mass is 35.5. The molecule has 4 aromatic rings. The first-order valence-corrected chi connectivity index (χ1v) is 15.0. The summed E-state index contributed by atoms with van der Waals surface area (Å²) in [5.41, 5.74) is 0.389. The second-order valence-corrected chi connectivity index (χ2v) is 12.9. The molecule has 41 heavy (non-hydrogen) atoms. The molecule has 0 aliphatic rings. The highest BCUT2D eigenvalue weighted by Gasteiger charge is 2.33. The van der Waals surface area contributed by atoms with Crippen LogP contribution in [0.3, 0.4) is 0 Å². The summed E-state index contributed by atoms with van der Waals surface area (Å²) in [6, 6.07) is 17.8. The number of ether oxygens (including phenoxy) is 2. The van der Waals surface area contributed by atoms with Crippen LogP contribution in [0.25, 0.3) is 22.6 Å². The first-order chi connectivity index (χ1) is 19.2. The van der Waals surface area contributed by atoms with E-state index in [1.165, 1.54) is 30.3 Å². The SMILES string of the molecule is CCOC(=O)c1c(/C=C(/C(=O)OC(C)(C)C)c2ccccc2)c2c(Cl)cc(Cl)cc2n1S(=O)(=O)c1ccc(C)cc1. The number of nitrogens with zero attached hydrogens (tertiary/aromatic N) is 1. The Morgan fingerprint density at radius 3 is 2.20 bits per heavy atom. The number of benzene rings is 3. The maximum Gasteiger partial charge on any atom is 0.356 e. The summed E-state index contributed by atoms with van der Waals surface area (Å²) in [7, 11) is -4.39. The lowest BCUT2D eigenvalue weighted by Gasteiger charge is -2.21. The average Bonchev–Trinajstić information content (AvgIpc) is 3.22. The van der Waals surface area contributed by atoms with Crippen molar-refractivity contribution in [2.75, 3.05) is 6.61 Å². The lowest BCUT2D eigenvalue weighted by atomic mass is 10.0. The number of fused-ring (bicyclic) bond motifs is 1. The lowest BCUT2D eigenvalue weighted by Crippen LogP contribution is -2.24. The first-order valence-electron chi connectivity index (χ1n) is 12.8. The number of rotatable bonds is 7. The molecule has 1 aromatic heterocycles. The van der Waals surface area contributed by atoms with Crippen LogP contribution in [0.2, 0.25) is 10.0 Å². The van der Waals surface area contributed by atoms with Crippen LogP contribution >= 0.6 is 23.2 Å². The van der Waals surface area contributed by atoms with E-state index in [-0.39, 0.29) is 49.3 Å². The molecule has 0 bridgehead atoms. The van der Waals surface area contributed by atoms with Crippen molar-refractivity contribution >= 4 is 67.7 Å². The highest BCUT2D eigenvalue weighted by molar-refractivity contribution is 7.90. The zero-order valence-electron chi connectivity index (χ0n) is 23.2. The molecule has 1 heterocycles. The molecule has 0 spiro atoms. The molecule has 0 atom stereocenters. The van der Waals surface area contributed by atoms with Gasteiger partial charge in [-0.25, -0.2) is 22.0 Å².